The molecule has 16 heavy (non-hydrogen) atoms. The van der Waals surface area contributed by atoms with Crippen molar-refractivity contribution in [2.45, 2.75) is 31.8 Å². The molecule has 0 aromatic rings. The number of carbonyl (C=O) groups is 1. The van der Waals surface area contributed by atoms with Crippen LogP contribution in [0.5, 0.6) is 0 Å². The Labute approximate surface area is 90.7 Å². The molecule has 0 saturated heterocycles. The van der Waals surface area contributed by atoms with E-state index in [-0.39, 0.29) is 6.42 Å². The lowest BCUT2D eigenvalue weighted by Gasteiger charge is -2.32. The van der Waals surface area contributed by atoms with Gasteiger partial charge in [0.15, 0.2) is 10.0 Å². The van der Waals surface area contributed by atoms with Crippen LogP contribution in [0.3, 0.4) is 0 Å². The summed E-state index contributed by atoms with van der Waals surface area (Å²) in [7, 11) is -5.75. The molecule has 0 fully saturated rings. The van der Waals surface area contributed by atoms with Crippen LogP contribution in [-0.2, 0) is 14.8 Å². The third-order valence-corrected chi connectivity index (χ3v) is 3.07. The van der Waals surface area contributed by atoms with Crippen LogP contribution >= 0.6 is 0 Å². The highest BCUT2D eigenvalue weighted by molar-refractivity contribution is 7.94. The fourth-order valence-electron chi connectivity index (χ4n) is 0.825. The number of nitrogens with zero attached hydrogens (tertiary/aromatic N) is 1. The summed E-state index contributed by atoms with van der Waals surface area (Å²) < 4.78 is 59.5. The Bertz CT molecular complexity index is 351. The van der Waals surface area contributed by atoms with Crippen molar-refractivity contribution in [1.82, 2.24) is 0 Å². The zero-order valence-corrected chi connectivity index (χ0v) is 9.34. The van der Waals surface area contributed by atoms with Gasteiger partial charge in [-0.15, -0.1) is 0 Å². The van der Waals surface area contributed by atoms with E-state index in [4.69, 9.17) is 5.11 Å². The third kappa shape index (κ3) is 3.63. The molecule has 5 nitrogen and oxygen atoms in total. The fraction of sp³-hybridized carbons (Fsp3) is 0.857. The summed E-state index contributed by atoms with van der Waals surface area (Å²) >= 11 is 0. The molecule has 0 aromatic carbocycles. The minimum absolute atomic E-state index is 0.202. The van der Waals surface area contributed by atoms with Gasteiger partial charge in [0.05, 0.1) is 0 Å². The highest BCUT2D eigenvalue weighted by atomic mass is 32.2. The minimum atomic E-state index is -5.75. The van der Waals surface area contributed by atoms with Crippen LogP contribution in [0.1, 0.15) is 20.3 Å². The first kappa shape index (κ1) is 15.2. The van der Waals surface area contributed by atoms with Crippen molar-refractivity contribution in [2.24, 2.45) is 5.92 Å². The lowest BCUT2D eigenvalue weighted by molar-refractivity contribution is -0.138. The van der Waals surface area contributed by atoms with Crippen molar-refractivity contribution in [3.8, 4) is 0 Å². The molecular weight excluding hydrogens is 251 g/mol. The van der Waals surface area contributed by atoms with Gasteiger partial charge < -0.3 is 9.83 Å². The van der Waals surface area contributed by atoms with Crippen molar-refractivity contribution in [1.29, 1.82) is 0 Å². The summed E-state index contributed by atoms with van der Waals surface area (Å²) in [5.41, 5.74) is -5.56. The molecule has 2 atom stereocenters. The molecule has 0 aliphatic heterocycles. The van der Waals surface area contributed by atoms with Gasteiger partial charge in [0.25, 0.3) is 5.97 Å². The normalized spacial score (nSPS) is 16.8. The summed E-state index contributed by atoms with van der Waals surface area (Å²) in [6.07, 6.45) is 0.202. The third-order valence-electron chi connectivity index (χ3n) is 1.98. The van der Waals surface area contributed by atoms with Crippen molar-refractivity contribution < 1.29 is 31.5 Å². The average Bonchev–Trinajstić information content (AvgIpc) is 2.10. The summed E-state index contributed by atoms with van der Waals surface area (Å²) in [4.78, 5) is 10.6. The van der Waals surface area contributed by atoms with Crippen LogP contribution in [0.25, 0.3) is 4.72 Å². The Morgan fingerprint density at radius 3 is 2.12 bits per heavy atom. The molecule has 0 rings (SSSR count). The van der Waals surface area contributed by atoms with Gasteiger partial charge in [-0.3, -0.25) is 4.79 Å². The minimum Gasteiger partial charge on any atom is -0.529 e. The number of halogens is 3. The average molecular weight is 262 g/mol. The smallest absolute Gasteiger partial charge is 0.480 e. The number of alkyl halides is 3. The first-order valence-electron chi connectivity index (χ1n) is 4.29. The number of carboxylic acids is 1. The van der Waals surface area contributed by atoms with Crippen LogP contribution < -0.4 is 0 Å². The van der Waals surface area contributed by atoms with Crippen molar-refractivity contribution in [3.63, 3.8) is 0 Å². The number of rotatable bonds is 5. The van der Waals surface area contributed by atoms with Crippen molar-refractivity contribution >= 4 is 16.0 Å². The number of hydrogen-bond donors (Lipinski definition) is 1. The van der Waals surface area contributed by atoms with E-state index in [1.165, 1.54) is 13.8 Å². The van der Waals surface area contributed by atoms with Gasteiger partial charge in [-0.05, 0) is 12.0 Å². The molecule has 0 bridgehead atoms. The zero-order chi connectivity index (χ0) is 13.1. The summed E-state index contributed by atoms with van der Waals surface area (Å²) in [5.74, 6) is -2.49. The predicted octanol–water partition coefficient (Wildman–Crippen LogP) is 1.71. The summed E-state index contributed by atoms with van der Waals surface area (Å²) in [6.45, 7) is 2.84. The molecule has 0 heterocycles. The molecule has 1 unspecified atom stereocenters. The summed E-state index contributed by atoms with van der Waals surface area (Å²) in [5, 5.41) is 8.58. The second-order valence-corrected chi connectivity index (χ2v) is 4.82. The quantitative estimate of drug-likeness (QED) is 0.817. The van der Waals surface area contributed by atoms with Gasteiger partial charge in [0.2, 0.25) is 0 Å². The maximum absolute atomic E-state index is 11.9. The molecule has 0 radical (unpaired) electrons. The van der Waals surface area contributed by atoms with Gasteiger partial charge in [-0.2, -0.15) is 13.2 Å². The Balaban J connectivity index is 4.99. The molecule has 0 aromatic heterocycles. The van der Waals surface area contributed by atoms with Gasteiger partial charge >= 0.3 is 5.51 Å². The first-order chi connectivity index (χ1) is 7.03. The lowest BCUT2D eigenvalue weighted by Crippen LogP contribution is -2.33. The van der Waals surface area contributed by atoms with E-state index < -0.39 is 33.5 Å². The van der Waals surface area contributed by atoms with E-state index in [0.29, 0.717) is 0 Å². The Hall–Kier alpha value is -0.830. The Morgan fingerprint density at radius 2 is 1.88 bits per heavy atom. The highest BCUT2D eigenvalue weighted by Gasteiger charge is 2.40. The van der Waals surface area contributed by atoms with E-state index in [1.54, 1.807) is 0 Å². The van der Waals surface area contributed by atoms with Gasteiger partial charge in [0.1, 0.15) is 0 Å². The monoisotopic (exact) mass is 262 g/mol. The summed E-state index contributed by atoms with van der Waals surface area (Å²) in [6, 6.07) is -1.91. The Kier molecular flexibility index (Phi) is 4.74. The van der Waals surface area contributed by atoms with E-state index in [9.17, 15) is 26.4 Å². The van der Waals surface area contributed by atoms with Crippen LogP contribution in [0, 0.1) is 5.92 Å². The van der Waals surface area contributed by atoms with Crippen molar-refractivity contribution in [3.05, 3.63) is 4.72 Å². The van der Waals surface area contributed by atoms with Crippen LogP contribution in [-0.4, -0.2) is 31.0 Å². The number of hydrogen-bond acceptors (Lipinski definition) is 3. The van der Waals surface area contributed by atoms with Crippen molar-refractivity contribution in [2.75, 3.05) is 0 Å². The second-order valence-electron chi connectivity index (χ2n) is 3.19. The van der Waals surface area contributed by atoms with Crippen LogP contribution in [0.4, 0.5) is 13.2 Å². The predicted molar refractivity (Wildman–Crippen MR) is 49.2 cm³/mol. The van der Waals surface area contributed by atoms with Gasteiger partial charge in [0, 0.05) is 0 Å². The lowest BCUT2D eigenvalue weighted by atomic mass is 10.0. The van der Waals surface area contributed by atoms with Crippen LogP contribution in [0.15, 0.2) is 0 Å². The molecule has 9 heteroatoms. The molecule has 0 spiro atoms. The highest BCUT2D eigenvalue weighted by Crippen LogP contribution is 2.31. The maximum Gasteiger partial charge on any atom is 0.480 e. The van der Waals surface area contributed by atoms with E-state index in [2.05, 4.69) is 4.72 Å². The second kappa shape index (κ2) is 5.00. The molecule has 0 amide bonds. The SMILES string of the molecule is CCC(C)[C@H]([N-]S(=O)(=O)C(F)(F)F)C(=O)O. The first-order valence-corrected chi connectivity index (χ1v) is 5.73. The maximum atomic E-state index is 11.9. The largest absolute Gasteiger partial charge is 0.529 e. The van der Waals surface area contributed by atoms with E-state index in [1.807, 2.05) is 0 Å². The zero-order valence-electron chi connectivity index (χ0n) is 8.52. The fourth-order valence-corrected chi connectivity index (χ4v) is 1.54. The van der Waals surface area contributed by atoms with Crippen LogP contribution in [0.2, 0.25) is 0 Å². The Morgan fingerprint density at radius 1 is 1.44 bits per heavy atom. The molecule has 1 N–H and O–H groups in total. The van der Waals surface area contributed by atoms with Gasteiger partial charge in [-0.25, -0.2) is 8.42 Å². The number of sulfonamides is 1. The topological polar surface area (TPSA) is 85.5 Å². The van der Waals surface area contributed by atoms with Gasteiger partial charge in [-0.1, -0.05) is 20.3 Å². The number of aliphatic carboxylic acids is 1. The van der Waals surface area contributed by atoms with E-state index in [0.717, 1.165) is 0 Å². The standard InChI is InChI=1S/C7H11F3NO4S/c1-3-4(2)5(6(12)13)11-16(14,15)7(8,9)10/h4-5H,3H2,1-2H3,(H,12,13)/q-1/t4?,5-/m0/s1. The molecular formula is C7H11F3NO4S-. The molecule has 0 aliphatic carbocycles. The van der Waals surface area contributed by atoms with E-state index >= 15 is 0 Å². The molecule has 0 aliphatic rings. The molecule has 96 valence electrons. The molecule has 0 saturated carbocycles. The number of carboxylic acid groups (broad SMARTS) is 1.